The Morgan fingerprint density at radius 3 is 2.55 bits per heavy atom. The first-order chi connectivity index (χ1) is 10.3. The summed E-state index contributed by atoms with van der Waals surface area (Å²) in [6, 6.07) is 0.538. The fourth-order valence-corrected chi connectivity index (χ4v) is 3.05. The molecular weight excluding hydrogens is 276 g/mol. The SMILES string of the molecule is CC(C)CCCNC1CCCCC1CNC(=O)OC(C)(C)C. The first-order valence-electron chi connectivity index (χ1n) is 8.98. The van der Waals surface area contributed by atoms with Gasteiger partial charge < -0.3 is 15.4 Å². The van der Waals surface area contributed by atoms with E-state index in [0.717, 1.165) is 19.0 Å². The smallest absolute Gasteiger partial charge is 0.407 e. The number of carbonyl (C=O) groups is 1. The van der Waals surface area contributed by atoms with Crippen molar-refractivity contribution in [2.45, 2.75) is 84.8 Å². The normalized spacial score (nSPS) is 22.6. The van der Waals surface area contributed by atoms with Gasteiger partial charge >= 0.3 is 6.09 Å². The summed E-state index contributed by atoms with van der Waals surface area (Å²) >= 11 is 0. The molecule has 22 heavy (non-hydrogen) atoms. The summed E-state index contributed by atoms with van der Waals surface area (Å²) < 4.78 is 5.32. The summed E-state index contributed by atoms with van der Waals surface area (Å²) in [6.45, 7) is 12.0. The summed E-state index contributed by atoms with van der Waals surface area (Å²) in [6.07, 6.45) is 7.20. The predicted molar refractivity (Wildman–Crippen MR) is 92.1 cm³/mol. The van der Waals surface area contributed by atoms with Crippen molar-refractivity contribution in [1.82, 2.24) is 10.6 Å². The van der Waals surface area contributed by atoms with Crippen molar-refractivity contribution in [2.24, 2.45) is 11.8 Å². The number of rotatable bonds is 7. The number of hydrogen-bond acceptors (Lipinski definition) is 3. The van der Waals surface area contributed by atoms with Crippen molar-refractivity contribution >= 4 is 6.09 Å². The zero-order valence-corrected chi connectivity index (χ0v) is 15.2. The molecule has 1 fully saturated rings. The second kappa shape index (κ2) is 9.39. The van der Waals surface area contributed by atoms with Gasteiger partial charge in [0.05, 0.1) is 0 Å². The Kier molecular flexibility index (Phi) is 8.23. The molecule has 2 atom stereocenters. The fraction of sp³-hybridized carbons (Fsp3) is 0.944. The molecule has 0 aromatic rings. The third kappa shape index (κ3) is 8.62. The van der Waals surface area contributed by atoms with Gasteiger partial charge in [0, 0.05) is 12.6 Å². The highest BCUT2D eigenvalue weighted by Crippen LogP contribution is 2.24. The van der Waals surface area contributed by atoms with E-state index in [9.17, 15) is 4.79 Å². The first kappa shape index (κ1) is 19.3. The van der Waals surface area contributed by atoms with Crippen LogP contribution in [-0.4, -0.2) is 30.8 Å². The lowest BCUT2D eigenvalue weighted by molar-refractivity contribution is 0.0510. The zero-order chi connectivity index (χ0) is 16.6. The predicted octanol–water partition coefficient (Wildman–Crippen LogP) is 4.10. The lowest BCUT2D eigenvalue weighted by atomic mass is 9.84. The summed E-state index contributed by atoms with van der Waals surface area (Å²) in [7, 11) is 0. The maximum absolute atomic E-state index is 11.8. The minimum absolute atomic E-state index is 0.295. The summed E-state index contributed by atoms with van der Waals surface area (Å²) in [5.74, 6) is 1.30. The van der Waals surface area contributed by atoms with Gasteiger partial charge in [-0.15, -0.1) is 0 Å². The van der Waals surface area contributed by atoms with Crippen molar-refractivity contribution in [3.8, 4) is 0 Å². The third-order valence-corrected chi connectivity index (χ3v) is 4.18. The van der Waals surface area contributed by atoms with Gasteiger partial charge in [0.1, 0.15) is 5.60 Å². The minimum atomic E-state index is -0.425. The third-order valence-electron chi connectivity index (χ3n) is 4.18. The van der Waals surface area contributed by atoms with E-state index in [1.165, 1.54) is 38.5 Å². The van der Waals surface area contributed by atoms with E-state index in [0.29, 0.717) is 12.0 Å². The van der Waals surface area contributed by atoms with Crippen LogP contribution < -0.4 is 10.6 Å². The number of amides is 1. The van der Waals surface area contributed by atoms with Gasteiger partial charge in [0.25, 0.3) is 0 Å². The number of nitrogens with one attached hydrogen (secondary N) is 2. The molecule has 2 unspecified atom stereocenters. The highest BCUT2D eigenvalue weighted by molar-refractivity contribution is 5.67. The molecule has 0 bridgehead atoms. The molecule has 1 aliphatic rings. The summed E-state index contributed by atoms with van der Waals surface area (Å²) in [5, 5.41) is 6.65. The molecule has 1 amide bonds. The molecular formula is C18H36N2O2. The molecule has 0 saturated heterocycles. The molecule has 1 saturated carbocycles. The molecule has 4 heteroatoms. The van der Waals surface area contributed by atoms with E-state index in [4.69, 9.17) is 4.74 Å². The van der Waals surface area contributed by atoms with Crippen LogP contribution in [0.2, 0.25) is 0 Å². The van der Waals surface area contributed by atoms with Crippen LogP contribution in [0, 0.1) is 11.8 Å². The molecule has 2 N–H and O–H groups in total. The van der Waals surface area contributed by atoms with Gasteiger partial charge in [-0.25, -0.2) is 4.79 Å². The van der Waals surface area contributed by atoms with Gasteiger partial charge in [-0.2, -0.15) is 0 Å². The summed E-state index contributed by atoms with van der Waals surface area (Å²) in [5.41, 5.74) is -0.425. The molecule has 1 rings (SSSR count). The number of alkyl carbamates (subject to hydrolysis) is 1. The molecule has 130 valence electrons. The van der Waals surface area contributed by atoms with Gasteiger partial charge in [-0.05, 0) is 64.8 Å². The van der Waals surface area contributed by atoms with Crippen LogP contribution in [0.5, 0.6) is 0 Å². The monoisotopic (exact) mass is 312 g/mol. The highest BCUT2D eigenvalue weighted by Gasteiger charge is 2.25. The maximum Gasteiger partial charge on any atom is 0.407 e. The lowest BCUT2D eigenvalue weighted by Crippen LogP contribution is -2.45. The number of ether oxygens (including phenoxy) is 1. The Bertz CT molecular complexity index is 324. The molecule has 0 heterocycles. The van der Waals surface area contributed by atoms with E-state index < -0.39 is 5.60 Å². The van der Waals surface area contributed by atoms with Crippen LogP contribution in [0.4, 0.5) is 4.79 Å². The van der Waals surface area contributed by atoms with Crippen molar-refractivity contribution in [1.29, 1.82) is 0 Å². The van der Waals surface area contributed by atoms with E-state index in [2.05, 4.69) is 24.5 Å². The zero-order valence-electron chi connectivity index (χ0n) is 15.2. The van der Waals surface area contributed by atoms with E-state index >= 15 is 0 Å². The molecule has 0 spiro atoms. The first-order valence-corrected chi connectivity index (χ1v) is 8.98. The van der Waals surface area contributed by atoms with Gasteiger partial charge in [-0.1, -0.05) is 26.7 Å². The number of hydrogen-bond donors (Lipinski definition) is 2. The standard InChI is InChI=1S/C18H36N2O2/c1-14(2)9-8-12-19-16-11-7-6-10-15(16)13-20-17(21)22-18(3,4)5/h14-16,19H,6-13H2,1-5H3,(H,20,21). The van der Waals surface area contributed by atoms with Crippen LogP contribution in [0.1, 0.15) is 73.1 Å². The fourth-order valence-electron chi connectivity index (χ4n) is 3.05. The van der Waals surface area contributed by atoms with Gasteiger partial charge in [-0.3, -0.25) is 0 Å². The average Bonchev–Trinajstić information content (AvgIpc) is 2.40. The molecule has 0 aliphatic heterocycles. The highest BCUT2D eigenvalue weighted by atomic mass is 16.6. The molecule has 1 aliphatic carbocycles. The molecule has 0 aromatic heterocycles. The largest absolute Gasteiger partial charge is 0.444 e. The van der Waals surface area contributed by atoms with Crippen LogP contribution in [-0.2, 0) is 4.74 Å². The van der Waals surface area contributed by atoms with Crippen molar-refractivity contribution in [2.75, 3.05) is 13.1 Å². The van der Waals surface area contributed by atoms with E-state index in [-0.39, 0.29) is 6.09 Å². The summed E-state index contributed by atoms with van der Waals surface area (Å²) in [4.78, 5) is 11.8. The van der Waals surface area contributed by atoms with Crippen molar-refractivity contribution in [3.63, 3.8) is 0 Å². The number of carbonyl (C=O) groups excluding carboxylic acids is 1. The second-order valence-electron chi connectivity index (χ2n) is 8.02. The quantitative estimate of drug-likeness (QED) is 0.696. The lowest BCUT2D eigenvalue weighted by Gasteiger charge is -2.33. The minimum Gasteiger partial charge on any atom is -0.444 e. The second-order valence-corrected chi connectivity index (χ2v) is 8.02. The molecule has 0 aromatic carbocycles. The Morgan fingerprint density at radius 2 is 1.91 bits per heavy atom. The van der Waals surface area contributed by atoms with E-state index in [1.54, 1.807) is 0 Å². The Morgan fingerprint density at radius 1 is 1.23 bits per heavy atom. The van der Waals surface area contributed by atoms with Crippen molar-refractivity contribution in [3.05, 3.63) is 0 Å². The van der Waals surface area contributed by atoms with E-state index in [1.807, 2.05) is 20.8 Å². The Labute approximate surface area is 136 Å². The average molecular weight is 312 g/mol. The Hall–Kier alpha value is -0.770. The van der Waals surface area contributed by atoms with Crippen molar-refractivity contribution < 1.29 is 9.53 Å². The van der Waals surface area contributed by atoms with Crippen LogP contribution >= 0.6 is 0 Å². The Balaban J connectivity index is 2.30. The van der Waals surface area contributed by atoms with Gasteiger partial charge in [0.2, 0.25) is 0 Å². The van der Waals surface area contributed by atoms with Crippen LogP contribution in [0.15, 0.2) is 0 Å². The maximum atomic E-state index is 11.8. The molecule has 0 radical (unpaired) electrons. The van der Waals surface area contributed by atoms with Crippen LogP contribution in [0.25, 0.3) is 0 Å². The van der Waals surface area contributed by atoms with Gasteiger partial charge in [0.15, 0.2) is 0 Å². The molecule has 4 nitrogen and oxygen atoms in total. The topological polar surface area (TPSA) is 50.4 Å². The van der Waals surface area contributed by atoms with Crippen LogP contribution in [0.3, 0.4) is 0 Å².